The molecule has 1 aromatic rings. The number of carbonyl (C=O) groups excluding carboxylic acids is 1. The normalized spacial score (nSPS) is 24.8. The fraction of sp³-hybridized carbons (Fsp3) is 0.500. The van der Waals surface area contributed by atoms with Crippen molar-refractivity contribution in [1.82, 2.24) is 4.90 Å². The molecule has 1 amide bonds. The molecule has 0 spiro atoms. The summed E-state index contributed by atoms with van der Waals surface area (Å²) in [6, 6.07) is 8.00. The zero-order chi connectivity index (χ0) is 12.4. The minimum atomic E-state index is 0.150. The predicted octanol–water partition coefficient (Wildman–Crippen LogP) is 3.71. The third-order valence-corrected chi connectivity index (χ3v) is 4.19. The van der Waals surface area contributed by atoms with Gasteiger partial charge in [-0.1, -0.05) is 19.1 Å². The molecule has 2 unspecified atom stereocenters. The van der Waals surface area contributed by atoms with Crippen molar-refractivity contribution in [3.05, 3.63) is 34.3 Å². The highest BCUT2D eigenvalue weighted by atomic mass is 79.9. The van der Waals surface area contributed by atoms with Crippen molar-refractivity contribution in [3.8, 4) is 0 Å². The highest BCUT2D eigenvalue weighted by molar-refractivity contribution is 9.10. The lowest BCUT2D eigenvalue weighted by molar-refractivity contribution is 0.0587. The number of rotatable bonds is 1. The molecule has 17 heavy (non-hydrogen) atoms. The molecule has 3 heteroatoms. The fourth-order valence-electron chi connectivity index (χ4n) is 2.50. The molecule has 2 rings (SSSR count). The molecule has 0 N–H and O–H groups in total. The topological polar surface area (TPSA) is 20.3 Å². The van der Waals surface area contributed by atoms with Gasteiger partial charge in [0, 0.05) is 17.1 Å². The van der Waals surface area contributed by atoms with Gasteiger partial charge < -0.3 is 4.90 Å². The van der Waals surface area contributed by atoms with E-state index in [1.54, 1.807) is 0 Å². The van der Waals surface area contributed by atoms with E-state index in [0.29, 0.717) is 6.04 Å². The molecule has 1 fully saturated rings. The Kier molecular flexibility index (Phi) is 3.87. The van der Waals surface area contributed by atoms with Gasteiger partial charge in [0.25, 0.3) is 5.91 Å². The maximum Gasteiger partial charge on any atom is 0.255 e. The van der Waals surface area contributed by atoms with Crippen LogP contribution >= 0.6 is 15.9 Å². The van der Waals surface area contributed by atoms with E-state index in [0.717, 1.165) is 35.3 Å². The van der Waals surface area contributed by atoms with Crippen molar-refractivity contribution in [2.24, 2.45) is 5.92 Å². The van der Waals surface area contributed by atoms with Gasteiger partial charge >= 0.3 is 0 Å². The lowest BCUT2D eigenvalue weighted by Crippen LogP contribution is -2.44. The number of nitrogens with zero attached hydrogens (tertiary/aromatic N) is 1. The Bertz CT molecular complexity index is 418. The molecule has 1 saturated heterocycles. The van der Waals surface area contributed by atoms with E-state index in [4.69, 9.17) is 0 Å². The van der Waals surface area contributed by atoms with E-state index in [1.807, 2.05) is 29.2 Å². The molecule has 2 nitrogen and oxygen atoms in total. The first-order valence-electron chi connectivity index (χ1n) is 6.15. The highest BCUT2D eigenvalue weighted by Gasteiger charge is 2.28. The van der Waals surface area contributed by atoms with E-state index in [-0.39, 0.29) is 5.91 Å². The van der Waals surface area contributed by atoms with Gasteiger partial charge in [0.05, 0.1) is 5.56 Å². The molecule has 92 valence electrons. The van der Waals surface area contributed by atoms with Gasteiger partial charge in [-0.3, -0.25) is 4.79 Å². The second-order valence-corrected chi connectivity index (χ2v) is 5.81. The van der Waals surface area contributed by atoms with Crippen LogP contribution < -0.4 is 0 Å². The average molecular weight is 296 g/mol. The lowest BCUT2D eigenvalue weighted by atomic mass is 9.93. The van der Waals surface area contributed by atoms with Gasteiger partial charge in [0.15, 0.2) is 0 Å². The van der Waals surface area contributed by atoms with Crippen molar-refractivity contribution in [3.63, 3.8) is 0 Å². The Labute approximate surface area is 111 Å². The zero-order valence-corrected chi connectivity index (χ0v) is 11.9. The number of benzene rings is 1. The van der Waals surface area contributed by atoms with Crippen LogP contribution in [-0.4, -0.2) is 23.4 Å². The molecule has 1 aromatic carbocycles. The number of piperidine rings is 1. The summed E-state index contributed by atoms with van der Waals surface area (Å²) in [5.74, 6) is 0.880. The van der Waals surface area contributed by atoms with Crippen LogP contribution in [0.25, 0.3) is 0 Å². The van der Waals surface area contributed by atoms with E-state index >= 15 is 0 Å². The second kappa shape index (κ2) is 5.21. The van der Waals surface area contributed by atoms with Gasteiger partial charge in [0.2, 0.25) is 0 Å². The van der Waals surface area contributed by atoms with Gasteiger partial charge in [-0.25, -0.2) is 0 Å². The summed E-state index contributed by atoms with van der Waals surface area (Å²) in [5, 5.41) is 0. The zero-order valence-electron chi connectivity index (χ0n) is 10.3. The lowest BCUT2D eigenvalue weighted by Gasteiger charge is -2.36. The Morgan fingerprint density at radius 1 is 1.35 bits per heavy atom. The molecule has 1 aliphatic heterocycles. The van der Waals surface area contributed by atoms with Crippen LogP contribution in [0.4, 0.5) is 0 Å². The number of carbonyl (C=O) groups is 1. The third-order valence-electron chi connectivity index (χ3n) is 3.50. The van der Waals surface area contributed by atoms with Gasteiger partial charge in [-0.15, -0.1) is 0 Å². The predicted molar refractivity (Wildman–Crippen MR) is 73.0 cm³/mol. The van der Waals surface area contributed by atoms with Crippen molar-refractivity contribution < 1.29 is 4.79 Å². The summed E-state index contributed by atoms with van der Waals surface area (Å²) in [5.41, 5.74) is 0.772. The van der Waals surface area contributed by atoms with Gasteiger partial charge in [-0.05, 0) is 53.7 Å². The fourth-order valence-corrected chi connectivity index (χ4v) is 2.95. The molecule has 1 heterocycles. The van der Waals surface area contributed by atoms with Crippen LogP contribution in [0.5, 0.6) is 0 Å². The van der Waals surface area contributed by atoms with Crippen molar-refractivity contribution in [2.45, 2.75) is 32.7 Å². The Morgan fingerprint density at radius 3 is 2.71 bits per heavy atom. The molecule has 0 saturated carbocycles. The van der Waals surface area contributed by atoms with Crippen LogP contribution in [0.2, 0.25) is 0 Å². The minimum absolute atomic E-state index is 0.150. The van der Waals surface area contributed by atoms with Crippen LogP contribution in [-0.2, 0) is 0 Å². The largest absolute Gasteiger partial charge is 0.336 e. The minimum Gasteiger partial charge on any atom is -0.336 e. The van der Waals surface area contributed by atoms with E-state index in [2.05, 4.69) is 29.8 Å². The second-order valence-electron chi connectivity index (χ2n) is 4.96. The first kappa shape index (κ1) is 12.6. The van der Waals surface area contributed by atoms with Crippen LogP contribution in [0.1, 0.15) is 37.0 Å². The SMILES string of the molecule is CC1CCN(C(=O)c2ccccc2Br)C(C)C1. The number of halogens is 1. The number of hydrogen-bond acceptors (Lipinski definition) is 1. The summed E-state index contributed by atoms with van der Waals surface area (Å²) in [6.45, 7) is 5.28. The molecule has 2 atom stereocenters. The van der Waals surface area contributed by atoms with Gasteiger partial charge in [0.1, 0.15) is 0 Å². The molecule has 0 aromatic heterocycles. The average Bonchev–Trinajstić information content (AvgIpc) is 2.29. The summed E-state index contributed by atoms with van der Waals surface area (Å²) in [7, 11) is 0. The standard InChI is InChI=1S/C14H18BrNO/c1-10-7-8-16(11(2)9-10)14(17)12-5-3-4-6-13(12)15/h3-6,10-11H,7-9H2,1-2H3. The van der Waals surface area contributed by atoms with Crippen molar-refractivity contribution >= 4 is 21.8 Å². The third kappa shape index (κ3) is 2.71. The molecular weight excluding hydrogens is 278 g/mol. The van der Waals surface area contributed by atoms with E-state index in [1.165, 1.54) is 0 Å². The van der Waals surface area contributed by atoms with Crippen LogP contribution in [0, 0.1) is 5.92 Å². The molecule has 0 radical (unpaired) electrons. The molecule has 0 bridgehead atoms. The van der Waals surface area contributed by atoms with Crippen molar-refractivity contribution in [1.29, 1.82) is 0 Å². The monoisotopic (exact) mass is 295 g/mol. The highest BCUT2D eigenvalue weighted by Crippen LogP contribution is 2.26. The Hall–Kier alpha value is -0.830. The first-order valence-corrected chi connectivity index (χ1v) is 6.94. The Morgan fingerprint density at radius 2 is 2.06 bits per heavy atom. The summed E-state index contributed by atoms with van der Waals surface area (Å²) in [6.07, 6.45) is 2.22. The number of hydrogen-bond donors (Lipinski definition) is 0. The summed E-state index contributed by atoms with van der Waals surface area (Å²) < 4.78 is 0.885. The van der Waals surface area contributed by atoms with Crippen molar-refractivity contribution in [2.75, 3.05) is 6.54 Å². The van der Waals surface area contributed by atoms with E-state index < -0.39 is 0 Å². The maximum atomic E-state index is 12.4. The Balaban J connectivity index is 2.18. The van der Waals surface area contributed by atoms with E-state index in [9.17, 15) is 4.79 Å². The first-order chi connectivity index (χ1) is 8.09. The molecule has 0 aliphatic carbocycles. The number of amides is 1. The maximum absolute atomic E-state index is 12.4. The van der Waals surface area contributed by atoms with Crippen LogP contribution in [0.15, 0.2) is 28.7 Å². The molecule has 1 aliphatic rings. The van der Waals surface area contributed by atoms with Crippen LogP contribution in [0.3, 0.4) is 0 Å². The number of likely N-dealkylation sites (tertiary alicyclic amines) is 1. The quantitative estimate of drug-likeness (QED) is 0.773. The smallest absolute Gasteiger partial charge is 0.255 e. The summed E-state index contributed by atoms with van der Waals surface area (Å²) in [4.78, 5) is 14.4. The molecular formula is C14H18BrNO. The summed E-state index contributed by atoms with van der Waals surface area (Å²) >= 11 is 3.45. The van der Waals surface area contributed by atoms with Gasteiger partial charge in [-0.2, -0.15) is 0 Å².